The molecule has 1 aliphatic heterocycles. The summed E-state index contributed by atoms with van der Waals surface area (Å²) < 4.78 is 69.8. The Morgan fingerprint density at radius 2 is 1.82 bits per heavy atom. The van der Waals surface area contributed by atoms with Crippen LogP contribution in [-0.2, 0) is 22.7 Å². The van der Waals surface area contributed by atoms with E-state index in [0.717, 1.165) is 18.2 Å². The number of amides is 2. The van der Waals surface area contributed by atoms with Crippen LogP contribution in [0.4, 0.5) is 17.6 Å². The van der Waals surface area contributed by atoms with Crippen molar-refractivity contribution < 1.29 is 41.4 Å². The highest BCUT2D eigenvalue weighted by Crippen LogP contribution is 2.29. The molecule has 4 rings (SSSR count). The van der Waals surface area contributed by atoms with Crippen LogP contribution in [0.1, 0.15) is 28.2 Å². The summed E-state index contributed by atoms with van der Waals surface area (Å²) in [6.45, 7) is 9.44. The molecule has 1 aromatic carbocycles. The van der Waals surface area contributed by atoms with Gasteiger partial charge in [-0.1, -0.05) is 31.8 Å². The number of carbonyl (C=O) groups is 2. The van der Waals surface area contributed by atoms with Crippen molar-refractivity contribution in [2.24, 2.45) is 5.73 Å². The first-order chi connectivity index (χ1) is 21.1. The van der Waals surface area contributed by atoms with Crippen LogP contribution in [0.3, 0.4) is 0 Å². The highest BCUT2D eigenvalue weighted by molar-refractivity contribution is 6.76. The fraction of sp³-hybridized carbons (Fsp3) is 0.467. The molecule has 244 valence electrons. The Morgan fingerprint density at radius 3 is 2.44 bits per heavy atom. The molecule has 2 N–H and O–H groups in total. The molecule has 3 heterocycles. The van der Waals surface area contributed by atoms with Crippen LogP contribution in [0.5, 0.6) is 11.6 Å². The number of benzene rings is 1. The maximum absolute atomic E-state index is 15.2. The lowest BCUT2D eigenvalue weighted by molar-refractivity contribution is -0.274. The second kappa shape index (κ2) is 14.0. The number of pyridine rings is 1. The van der Waals surface area contributed by atoms with Crippen LogP contribution in [0.25, 0.3) is 11.3 Å². The third kappa shape index (κ3) is 9.50. The van der Waals surface area contributed by atoms with Crippen molar-refractivity contribution in [1.82, 2.24) is 19.4 Å². The third-order valence-electron chi connectivity index (χ3n) is 7.29. The van der Waals surface area contributed by atoms with Gasteiger partial charge in [0.2, 0.25) is 11.8 Å². The second-order valence-corrected chi connectivity index (χ2v) is 17.7. The number of hydrogen-bond donors (Lipinski definition) is 1. The van der Waals surface area contributed by atoms with Gasteiger partial charge in [-0.2, -0.15) is 0 Å². The number of carbonyl (C=O) groups excluding carboxylic acids is 2. The minimum atomic E-state index is -4.82. The summed E-state index contributed by atoms with van der Waals surface area (Å²) >= 11 is 0. The standard InChI is InChI=1S/C30H37F4N5O5Si/c1-19-36-16-25(39(19)18-42-11-12-45(2,3)4)21-14-23(28(35)41)29(37-15-21)43-26-9-10-38(17-24(26)31)27(40)13-20-5-7-22(8-6-20)44-30(32,33)34/h5-8,14-16,24,26H,9-13,17-18H2,1-4H3,(H2,35,41)/t24-,26?/m1/s1. The fourth-order valence-electron chi connectivity index (χ4n) is 4.74. The molecule has 0 aliphatic carbocycles. The average Bonchev–Trinajstić information content (AvgIpc) is 3.31. The van der Waals surface area contributed by atoms with Crippen molar-refractivity contribution in [3.8, 4) is 22.9 Å². The minimum absolute atomic E-state index is 0.0267. The average molecular weight is 652 g/mol. The Bertz CT molecular complexity index is 1490. The molecule has 1 aliphatic rings. The summed E-state index contributed by atoms with van der Waals surface area (Å²) in [5, 5.41) is 0. The summed E-state index contributed by atoms with van der Waals surface area (Å²) in [5.41, 5.74) is 7.29. The Hall–Kier alpha value is -3.98. The van der Waals surface area contributed by atoms with Crippen molar-refractivity contribution in [3.63, 3.8) is 0 Å². The number of halogens is 4. The number of ether oxygens (including phenoxy) is 3. The van der Waals surface area contributed by atoms with E-state index in [4.69, 9.17) is 15.2 Å². The van der Waals surface area contributed by atoms with Gasteiger partial charge in [-0.25, -0.2) is 14.4 Å². The number of likely N-dealkylation sites (tertiary alicyclic amines) is 1. The van der Waals surface area contributed by atoms with E-state index >= 15 is 4.39 Å². The van der Waals surface area contributed by atoms with Crippen molar-refractivity contribution >= 4 is 19.9 Å². The normalized spacial score (nSPS) is 17.3. The van der Waals surface area contributed by atoms with Crippen LogP contribution in [0, 0.1) is 6.92 Å². The predicted octanol–water partition coefficient (Wildman–Crippen LogP) is 5.12. The van der Waals surface area contributed by atoms with Gasteiger partial charge in [0.05, 0.1) is 24.9 Å². The second-order valence-electron chi connectivity index (χ2n) is 12.1. The zero-order valence-corrected chi connectivity index (χ0v) is 26.6. The lowest BCUT2D eigenvalue weighted by Crippen LogP contribution is -2.49. The molecule has 15 heteroatoms. The number of aromatic nitrogens is 3. The number of imidazole rings is 1. The molecule has 1 saturated heterocycles. The summed E-state index contributed by atoms with van der Waals surface area (Å²) in [5.74, 6) is -0.998. The lowest BCUT2D eigenvalue weighted by atomic mass is 10.0. The van der Waals surface area contributed by atoms with Crippen molar-refractivity contribution in [1.29, 1.82) is 0 Å². The van der Waals surface area contributed by atoms with Gasteiger partial charge in [-0.3, -0.25) is 9.59 Å². The molecule has 10 nitrogen and oxygen atoms in total. The highest BCUT2D eigenvalue weighted by Gasteiger charge is 2.34. The van der Waals surface area contributed by atoms with Gasteiger partial charge in [0, 0.05) is 39.4 Å². The van der Waals surface area contributed by atoms with Gasteiger partial charge < -0.3 is 29.4 Å². The molecular formula is C30H37F4N5O5Si. The largest absolute Gasteiger partial charge is 0.573 e. The summed E-state index contributed by atoms with van der Waals surface area (Å²) in [6.07, 6.45) is -4.27. The molecule has 2 amide bonds. The molecule has 0 saturated carbocycles. The smallest absolute Gasteiger partial charge is 0.471 e. The van der Waals surface area contributed by atoms with Gasteiger partial charge in [-0.05, 0) is 36.7 Å². The van der Waals surface area contributed by atoms with Crippen LogP contribution in [-0.4, -0.2) is 77.7 Å². The number of piperidine rings is 1. The SMILES string of the molecule is Cc1ncc(-c2cnc(OC3CCN(C(=O)Cc4ccc(OC(F)(F)F)cc4)C[C@H]3F)c(C(N)=O)c2)n1COCC[Si](C)(C)C. The first kappa shape index (κ1) is 33.9. The molecule has 2 atom stereocenters. The molecule has 0 radical (unpaired) electrons. The number of nitrogens with two attached hydrogens (primary N) is 1. The zero-order valence-electron chi connectivity index (χ0n) is 25.6. The van der Waals surface area contributed by atoms with E-state index in [1.165, 1.54) is 29.3 Å². The Kier molecular flexibility index (Phi) is 10.5. The Balaban J connectivity index is 1.38. The summed E-state index contributed by atoms with van der Waals surface area (Å²) in [4.78, 5) is 35.2. The molecular weight excluding hydrogens is 614 g/mol. The van der Waals surface area contributed by atoms with Crippen LogP contribution in [0.15, 0.2) is 42.7 Å². The fourth-order valence-corrected chi connectivity index (χ4v) is 5.50. The first-order valence-electron chi connectivity index (χ1n) is 14.4. The van der Waals surface area contributed by atoms with Gasteiger partial charge >= 0.3 is 6.36 Å². The number of rotatable bonds is 12. The van der Waals surface area contributed by atoms with E-state index in [9.17, 15) is 22.8 Å². The van der Waals surface area contributed by atoms with E-state index in [1.54, 1.807) is 6.20 Å². The zero-order chi connectivity index (χ0) is 32.9. The van der Waals surface area contributed by atoms with Crippen LogP contribution < -0.4 is 15.2 Å². The topological polar surface area (TPSA) is 122 Å². The first-order valence-corrected chi connectivity index (χ1v) is 18.1. The van der Waals surface area contributed by atoms with E-state index < -0.39 is 44.3 Å². The maximum atomic E-state index is 15.2. The molecule has 3 aromatic rings. The maximum Gasteiger partial charge on any atom is 0.573 e. The minimum Gasteiger partial charge on any atom is -0.471 e. The quantitative estimate of drug-likeness (QED) is 0.164. The molecule has 0 spiro atoms. The predicted molar refractivity (Wildman–Crippen MR) is 160 cm³/mol. The Labute approximate surface area is 259 Å². The number of alkyl halides is 4. The number of nitrogens with zero attached hydrogens (tertiary/aromatic N) is 4. The van der Waals surface area contributed by atoms with Crippen molar-refractivity contribution in [3.05, 3.63) is 59.7 Å². The van der Waals surface area contributed by atoms with Crippen molar-refractivity contribution in [2.45, 2.75) is 70.8 Å². The van der Waals surface area contributed by atoms with E-state index in [2.05, 4.69) is 34.3 Å². The highest BCUT2D eigenvalue weighted by atomic mass is 28.3. The van der Waals surface area contributed by atoms with Gasteiger partial charge in [0.1, 0.15) is 30.0 Å². The van der Waals surface area contributed by atoms with Gasteiger partial charge in [-0.15, -0.1) is 13.2 Å². The summed E-state index contributed by atoms with van der Waals surface area (Å²) in [6, 6.07) is 7.45. The lowest BCUT2D eigenvalue weighted by Gasteiger charge is -2.34. The monoisotopic (exact) mass is 651 g/mol. The van der Waals surface area contributed by atoms with E-state index in [1.807, 2.05) is 11.5 Å². The molecule has 2 aromatic heterocycles. The number of hydrogen-bond acceptors (Lipinski definition) is 7. The Morgan fingerprint density at radius 1 is 1.11 bits per heavy atom. The van der Waals surface area contributed by atoms with E-state index in [0.29, 0.717) is 29.3 Å². The van der Waals surface area contributed by atoms with Gasteiger partial charge in [0.15, 0.2) is 6.17 Å². The van der Waals surface area contributed by atoms with Crippen LogP contribution >= 0.6 is 0 Å². The number of aryl methyl sites for hydroxylation is 1. The molecule has 1 fully saturated rings. The number of primary amides is 1. The third-order valence-corrected chi connectivity index (χ3v) is 9.00. The van der Waals surface area contributed by atoms with Crippen LogP contribution in [0.2, 0.25) is 25.7 Å². The molecule has 45 heavy (non-hydrogen) atoms. The van der Waals surface area contributed by atoms with Crippen molar-refractivity contribution in [2.75, 3.05) is 19.7 Å². The van der Waals surface area contributed by atoms with E-state index in [-0.39, 0.29) is 44.1 Å². The summed E-state index contributed by atoms with van der Waals surface area (Å²) in [7, 11) is -1.26. The molecule has 1 unspecified atom stereocenters. The van der Waals surface area contributed by atoms with Gasteiger partial charge in [0.25, 0.3) is 5.91 Å². The molecule has 0 bridgehead atoms.